The molecule has 184 valence electrons. The highest BCUT2D eigenvalue weighted by atomic mass is 16.5. The molecule has 0 spiro atoms. The van der Waals surface area contributed by atoms with E-state index in [1.54, 1.807) is 0 Å². The predicted molar refractivity (Wildman–Crippen MR) is 142 cm³/mol. The standard InChI is InChI=1S/C31H38N2O2/c1-3-30(27-13-9-6-10-14-27)31(34)33(24-26-15-17-29(18-16-26)35-4-2)28-19-21-32(22-20-28)23-25-11-7-5-8-12-25/h5-18,28,30H,3-4,19-24H2,1-2H3. The Balaban J connectivity index is 1.50. The van der Waals surface area contributed by atoms with E-state index < -0.39 is 0 Å². The number of likely N-dealkylation sites (tertiary alicyclic amines) is 1. The maximum Gasteiger partial charge on any atom is 0.230 e. The molecule has 35 heavy (non-hydrogen) atoms. The predicted octanol–water partition coefficient (Wildman–Crippen LogP) is 6.27. The first-order valence-corrected chi connectivity index (χ1v) is 13.0. The molecule has 3 aromatic rings. The molecule has 3 aromatic carbocycles. The Hall–Kier alpha value is -3.11. The monoisotopic (exact) mass is 470 g/mol. The van der Waals surface area contributed by atoms with Crippen molar-refractivity contribution in [2.45, 2.75) is 58.2 Å². The van der Waals surface area contributed by atoms with Gasteiger partial charge in [-0.3, -0.25) is 9.69 Å². The van der Waals surface area contributed by atoms with Gasteiger partial charge in [-0.15, -0.1) is 0 Å². The largest absolute Gasteiger partial charge is 0.494 e. The Morgan fingerprint density at radius 1 is 0.886 bits per heavy atom. The van der Waals surface area contributed by atoms with Gasteiger partial charge in [0.25, 0.3) is 0 Å². The van der Waals surface area contributed by atoms with Gasteiger partial charge in [0, 0.05) is 32.2 Å². The van der Waals surface area contributed by atoms with Crippen LogP contribution in [0.4, 0.5) is 0 Å². The second-order valence-corrected chi connectivity index (χ2v) is 9.41. The summed E-state index contributed by atoms with van der Waals surface area (Å²) in [7, 11) is 0. The van der Waals surface area contributed by atoms with Crippen molar-refractivity contribution in [3.05, 3.63) is 102 Å². The first-order valence-electron chi connectivity index (χ1n) is 13.0. The van der Waals surface area contributed by atoms with Crippen LogP contribution in [-0.4, -0.2) is 41.4 Å². The van der Waals surface area contributed by atoms with Crippen molar-refractivity contribution in [2.75, 3.05) is 19.7 Å². The van der Waals surface area contributed by atoms with E-state index in [0.717, 1.165) is 55.8 Å². The maximum atomic E-state index is 14.0. The number of carbonyl (C=O) groups is 1. The van der Waals surface area contributed by atoms with Crippen molar-refractivity contribution in [1.82, 2.24) is 9.80 Å². The molecule has 1 aliphatic rings. The van der Waals surface area contributed by atoms with Crippen LogP contribution in [-0.2, 0) is 17.9 Å². The lowest BCUT2D eigenvalue weighted by atomic mass is 9.92. The molecule has 4 nitrogen and oxygen atoms in total. The normalized spacial score (nSPS) is 15.5. The van der Waals surface area contributed by atoms with Gasteiger partial charge in [0.05, 0.1) is 12.5 Å². The summed E-state index contributed by atoms with van der Waals surface area (Å²) in [5, 5.41) is 0. The zero-order valence-corrected chi connectivity index (χ0v) is 21.1. The highest BCUT2D eigenvalue weighted by Crippen LogP contribution is 2.28. The van der Waals surface area contributed by atoms with E-state index in [9.17, 15) is 4.79 Å². The summed E-state index contributed by atoms with van der Waals surface area (Å²) in [5.41, 5.74) is 3.61. The van der Waals surface area contributed by atoms with Crippen LogP contribution in [0.5, 0.6) is 5.75 Å². The van der Waals surface area contributed by atoms with E-state index in [-0.39, 0.29) is 17.9 Å². The van der Waals surface area contributed by atoms with Gasteiger partial charge in [-0.2, -0.15) is 0 Å². The van der Waals surface area contributed by atoms with E-state index in [4.69, 9.17) is 4.74 Å². The van der Waals surface area contributed by atoms with E-state index in [1.165, 1.54) is 5.56 Å². The molecule has 0 aliphatic carbocycles. The summed E-state index contributed by atoms with van der Waals surface area (Å²) in [6.07, 6.45) is 2.80. The van der Waals surface area contributed by atoms with Crippen LogP contribution in [0, 0.1) is 0 Å². The molecule has 1 atom stereocenters. The van der Waals surface area contributed by atoms with Crippen molar-refractivity contribution in [3.8, 4) is 5.75 Å². The highest BCUT2D eigenvalue weighted by Gasteiger charge is 2.32. The van der Waals surface area contributed by atoms with E-state index in [0.29, 0.717) is 13.2 Å². The Bertz CT molecular complexity index is 1030. The number of ether oxygens (including phenoxy) is 1. The summed E-state index contributed by atoms with van der Waals surface area (Å²) >= 11 is 0. The van der Waals surface area contributed by atoms with Crippen molar-refractivity contribution in [1.29, 1.82) is 0 Å². The van der Waals surface area contributed by atoms with Crippen LogP contribution >= 0.6 is 0 Å². The molecule has 1 amide bonds. The summed E-state index contributed by atoms with van der Waals surface area (Å²) in [5.74, 6) is 1.01. The fourth-order valence-electron chi connectivity index (χ4n) is 5.11. The number of hydrogen-bond donors (Lipinski definition) is 0. The number of benzene rings is 3. The van der Waals surface area contributed by atoms with Crippen molar-refractivity contribution < 1.29 is 9.53 Å². The van der Waals surface area contributed by atoms with Gasteiger partial charge in [0.2, 0.25) is 5.91 Å². The highest BCUT2D eigenvalue weighted by molar-refractivity contribution is 5.84. The van der Waals surface area contributed by atoms with Crippen molar-refractivity contribution in [3.63, 3.8) is 0 Å². The van der Waals surface area contributed by atoms with Crippen molar-refractivity contribution >= 4 is 5.91 Å². The third-order valence-corrected chi connectivity index (χ3v) is 7.03. The molecular weight excluding hydrogens is 432 g/mol. The first kappa shape index (κ1) is 25.0. The molecule has 0 N–H and O–H groups in total. The van der Waals surface area contributed by atoms with Crippen molar-refractivity contribution in [2.24, 2.45) is 0 Å². The topological polar surface area (TPSA) is 32.8 Å². The van der Waals surface area contributed by atoms with E-state index in [1.807, 2.05) is 37.3 Å². The number of piperidine rings is 1. The molecule has 4 heteroatoms. The average Bonchev–Trinajstić information content (AvgIpc) is 2.90. The minimum absolute atomic E-state index is 0.110. The zero-order valence-electron chi connectivity index (χ0n) is 21.1. The van der Waals surface area contributed by atoms with Crippen LogP contribution < -0.4 is 4.74 Å². The number of hydrogen-bond acceptors (Lipinski definition) is 3. The summed E-state index contributed by atoms with van der Waals surface area (Å²) in [4.78, 5) is 18.7. The van der Waals surface area contributed by atoms with Gasteiger partial charge in [-0.1, -0.05) is 79.7 Å². The molecule has 0 bridgehead atoms. The lowest BCUT2D eigenvalue weighted by Crippen LogP contribution is -2.48. The minimum atomic E-state index is -0.110. The number of amides is 1. The van der Waals surface area contributed by atoms with Crippen LogP contribution in [0.25, 0.3) is 0 Å². The Labute approximate surface area is 210 Å². The van der Waals surface area contributed by atoms with E-state index >= 15 is 0 Å². The van der Waals surface area contributed by atoms with Crippen LogP contribution in [0.2, 0.25) is 0 Å². The fraction of sp³-hybridized carbons (Fsp3) is 0.387. The van der Waals surface area contributed by atoms with Gasteiger partial charge in [0.15, 0.2) is 0 Å². The quantitative estimate of drug-likeness (QED) is 0.350. The van der Waals surface area contributed by atoms with Gasteiger partial charge in [-0.05, 0) is 55.0 Å². The fourth-order valence-corrected chi connectivity index (χ4v) is 5.11. The van der Waals surface area contributed by atoms with Crippen LogP contribution in [0.15, 0.2) is 84.9 Å². The van der Waals surface area contributed by atoms with Gasteiger partial charge in [0.1, 0.15) is 5.75 Å². The van der Waals surface area contributed by atoms with Gasteiger partial charge in [-0.25, -0.2) is 0 Å². The van der Waals surface area contributed by atoms with Gasteiger partial charge < -0.3 is 9.64 Å². The Morgan fingerprint density at radius 3 is 2.11 bits per heavy atom. The molecule has 1 aliphatic heterocycles. The smallest absolute Gasteiger partial charge is 0.230 e. The molecule has 4 rings (SSSR count). The number of nitrogens with zero attached hydrogens (tertiary/aromatic N) is 2. The average molecular weight is 471 g/mol. The van der Waals surface area contributed by atoms with Crippen LogP contribution in [0.3, 0.4) is 0 Å². The molecule has 1 unspecified atom stereocenters. The van der Waals surface area contributed by atoms with Gasteiger partial charge >= 0.3 is 0 Å². The second kappa shape index (κ2) is 12.6. The van der Waals surface area contributed by atoms with Crippen LogP contribution in [0.1, 0.15) is 55.7 Å². The van der Waals surface area contributed by atoms with E-state index in [2.05, 4.69) is 71.3 Å². The molecule has 1 heterocycles. The second-order valence-electron chi connectivity index (χ2n) is 9.41. The molecule has 0 aromatic heterocycles. The molecule has 1 saturated heterocycles. The lowest BCUT2D eigenvalue weighted by molar-refractivity contribution is -0.137. The minimum Gasteiger partial charge on any atom is -0.494 e. The first-order chi connectivity index (χ1) is 17.2. The Morgan fingerprint density at radius 2 is 1.51 bits per heavy atom. The Kier molecular flexibility index (Phi) is 8.96. The molecule has 1 fully saturated rings. The molecular formula is C31H38N2O2. The SMILES string of the molecule is CCOc1ccc(CN(C(=O)C(CC)c2ccccc2)C2CCN(Cc3ccccc3)CC2)cc1. The lowest BCUT2D eigenvalue weighted by Gasteiger charge is -2.40. The maximum absolute atomic E-state index is 14.0. The number of rotatable bonds is 10. The summed E-state index contributed by atoms with van der Waals surface area (Å²) in [6.45, 7) is 8.39. The third kappa shape index (κ3) is 6.73. The number of carbonyl (C=O) groups excluding carboxylic acids is 1. The summed E-state index contributed by atoms with van der Waals surface area (Å²) in [6, 6.07) is 29.4. The summed E-state index contributed by atoms with van der Waals surface area (Å²) < 4.78 is 5.62. The zero-order chi connectivity index (χ0) is 24.5. The molecule has 0 radical (unpaired) electrons. The third-order valence-electron chi connectivity index (χ3n) is 7.03. The molecule has 0 saturated carbocycles.